The highest BCUT2D eigenvalue weighted by atomic mass is 35.5. The van der Waals surface area contributed by atoms with Crippen LogP contribution >= 0.6 is 23.2 Å². The molecule has 0 fully saturated rings. The SMILES string of the molecule is CCCNC(=O)[C@@H](Cc1ccccc1)N(Cc1ccc(Cl)c(Cl)c1)C(=O)CN(c1ccccc1)S(=O)(=O)c1ccc(OC)cc1. The highest BCUT2D eigenvalue weighted by Gasteiger charge is 2.34. The van der Waals surface area contributed by atoms with Gasteiger partial charge in [-0.2, -0.15) is 0 Å². The first-order chi connectivity index (χ1) is 21.6. The molecule has 0 radical (unpaired) electrons. The quantitative estimate of drug-likeness (QED) is 0.169. The van der Waals surface area contributed by atoms with Crippen LogP contribution in [0.2, 0.25) is 10.0 Å². The van der Waals surface area contributed by atoms with Gasteiger partial charge in [0.15, 0.2) is 0 Å². The number of para-hydroxylation sites is 1. The maximum atomic E-state index is 14.4. The van der Waals surface area contributed by atoms with Gasteiger partial charge in [0, 0.05) is 19.5 Å². The molecule has 0 unspecified atom stereocenters. The van der Waals surface area contributed by atoms with Gasteiger partial charge in [0.25, 0.3) is 10.0 Å². The first kappa shape index (κ1) is 33.8. The van der Waals surface area contributed by atoms with Crippen molar-refractivity contribution in [3.05, 3.63) is 124 Å². The van der Waals surface area contributed by atoms with Crippen molar-refractivity contribution in [2.45, 2.75) is 37.2 Å². The molecule has 0 aromatic heterocycles. The Morgan fingerprint density at radius 3 is 2.09 bits per heavy atom. The summed E-state index contributed by atoms with van der Waals surface area (Å²) in [5.41, 5.74) is 1.77. The van der Waals surface area contributed by atoms with Crippen molar-refractivity contribution in [3.8, 4) is 5.75 Å². The number of rotatable bonds is 14. The van der Waals surface area contributed by atoms with Crippen LogP contribution in [-0.2, 0) is 32.6 Å². The molecular formula is C34H35Cl2N3O5S. The minimum absolute atomic E-state index is 0.0159. The molecule has 4 aromatic rings. The Hall–Kier alpha value is -4.05. The highest BCUT2D eigenvalue weighted by Crippen LogP contribution is 2.27. The third-order valence-corrected chi connectivity index (χ3v) is 9.65. The van der Waals surface area contributed by atoms with Gasteiger partial charge in [-0.15, -0.1) is 0 Å². The molecule has 0 spiro atoms. The van der Waals surface area contributed by atoms with E-state index in [9.17, 15) is 18.0 Å². The zero-order valence-corrected chi connectivity index (χ0v) is 27.4. The number of carbonyl (C=O) groups excluding carboxylic acids is 2. The van der Waals surface area contributed by atoms with E-state index in [0.29, 0.717) is 40.0 Å². The lowest BCUT2D eigenvalue weighted by atomic mass is 10.0. The summed E-state index contributed by atoms with van der Waals surface area (Å²) >= 11 is 12.5. The molecular weight excluding hydrogens is 633 g/mol. The van der Waals surface area contributed by atoms with Crippen LogP contribution in [0.4, 0.5) is 5.69 Å². The summed E-state index contributed by atoms with van der Waals surface area (Å²) in [5.74, 6) is -0.432. The van der Waals surface area contributed by atoms with Gasteiger partial charge in [0.2, 0.25) is 11.8 Å². The van der Waals surface area contributed by atoms with Gasteiger partial charge < -0.3 is 15.0 Å². The zero-order chi connectivity index (χ0) is 32.4. The number of sulfonamides is 1. The molecule has 0 bridgehead atoms. The number of anilines is 1. The molecule has 0 aliphatic rings. The average Bonchev–Trinajstić information content (AvgIpc) is 3.06. The van der Waals surface area contributed by atoms with Gasteiger partial charge in [0.1, 0.15) is 18.3 Å². The van der Waals surface area contributed by atoms with Crippen LogP contribution in [0.25, 0.3) is 0 Å². The Bertz CT molecular complexity index is 1690. The van der Waals surface area contributed by atoms with Crippen molar-refractivity contribution in [2.24, 2.45) is 0 Å². The molecule has 0 aliphatic carbocycles. The van der Waals surface area contributed by atoms with Crippen LogP contribution in [0.1, 0.15) is 24.5 Å². The number of hydrogen-bond donors (Lipinski definition) is 1. The summed E-state index contributed by atoms with van der Waals surface area (Å²) in [6, 6.07) is 27.7. The average molecular weight is 669 g/mol. The monoisotopic (exact) mass is 667 g/mol. The summed E-state index contributed by atoms with van der Waals surface area (Å²) in [6.07, 6.45) is 0.909. The molecule has 1 N–H and O–H groups in total. The first-order valence-electron chi connectivity index (χ1n) is 14.4. The fraction of sp³-hybridized carbons (Fsp3) is 0.235. The second-order valence-electron chi connectivity index (χ2n) is 10.3. The zero-order valence-electron chi connectivity index (χ0n) is 25.0. The molecule has 0 aliphatic heterocycles. The summed E-state index contributed by atoms with van der Waals surface area (Å²) in [5, 5.41) is 3.57. The van der Waals surface area contributed by atoms with Crippen molar-refractivity contribution in [1.29, 1.82) is 0 Å². The Labute approximate surface area is 274 Å². The molecule has 0 heterocycles. The second-order valence-corrected chi connectivity index (χ2v) is 13.0. The molecule has 0 saturated carbocycles. The Morgan fingerprint density at radius 2 is 1.49 bits per heavy atom. The molecule has 4 rings (SSSR count). The lowest BCUT2D eigenvalue weighted by molar-refractivity contribution is -0.140. The molecule has 236 valence electrons. The van der Waals surface area contributed by atoms with Crippen LogP contribution < -0.4 is 14.4 Å². The van der Waals surface area contributed by atoms with Crippen molar-refractivity contribution >= 4 is 50.7 Å². The smallest absolute Gasteiger partial charge is 0.264 e. The molecule has 0 saturated heterocycles. The summed E-state index contributed by atoms with van der Waals surface area (Å²) < 4.78 is 34.4. The minimum atomic E-state index is -4.22. The number of nitrogens with zero attached hydrogens (tertiary/aromatic N) is 2. The second kappa shape index (κ2) is 15.8. The lowest BCUT2D eigenvalue weighted by Gasteiger charge is -2.34. The van der Waals surface area contributed by atoms with Crippen LogP contribution in [-0.4, -0.2) is 51.4 Å². The number of halogens is 2. The van der Waals surface area contributed by atoms with E-state index in [0.717, 1.165) is 9.87 Å². The summed E-state index contributed by atoms with van der Waals surface area (Å²) in [4.78, 5) is 29.5. The largest absolute Gasteiger partial charge is 0.497 e. The third-order valence-electron chi connectivity index (χ3n) is 7.13. The summed E-state index contributed by atoms with van der Waals surface area (Å²) in [6.45, 7) is 1.78. The van der Waals surface area contributed by atoms with Crippen molar-refractivity contribution in [1.82, 2.24) is 10.2 Å². The number of amides is 2. The van der Waals surface area contributed by atoms with Gasteiger partial charge in [0.05, 0.1) is 27.7 Å². The van der Waals surface area contributed by atoms with E-state index in [1.165, 1.54) is 24.1 Å². The van der Waals surface area contributed by atoms with E-state index in [-0.39, 0.29) is 23.8 Å². The van der Waals surface area contributed by atoms with Crippen molar-refractivity contribution in [3.63, 3.8) is 0 Å². The van der Waals surface area contributed by atoms with E-state index in [1.54, 1.807) is 60.7 Å². The number of methoxy groups -OCH3 is 1. The number of ether oxygens (including phenoxy) is 1. The van der Waals surface area contributed by atoms with Gasteiger partial charge in [-0.05, 0) is 66.1 Å². The van der Waals surface area contributed by atoms with Gasteiger partial charge in [-0.25, -0.2) is 8.42 Å². The maximum absolute atomic E-state index is 14.4. The van der Waals surface area contributed by atoms with Crippen molar-refractivity contribution < 1.29 is 22.7 Å². The van der Waals surface area contributed by atoms with Crippen LogP contribution in [0.3, 0.4) is 0 Å². The molecule has 4 aromatic carbocycles. The Kier molecular flexibility index (Phi) is 11.9. The summed E-state index contributed by atoms with van der Waals surface area (Å²) in [7, 11) is -2.73. The Balaban J connectivity index is 1.79. The van der Waals surface area contributed by atoms with E-state index >= 15 is 0 Å². The predicted octanol–water partition coefficient (Wildman–Crippen LogP) is 6.36. The van der Waals surface area contributed by atoms with E-state index in [2.05, 4.69) is 5.32 Å². The maximum Gasteiger partial charge on any atom is 0.264 e. The fourth-order valence-electron chi connectivity index (χ4n) is 4.75. The standard InChI is InChI=1S/C34H35Cl2N3O5S/c1-3-20-37-34(41)32(22-25-10-6-4-7-11-25)38(23-26-14-19-30(35)31(36)21-26)33(40)24-39(27-12-8-5-9-13-27)45(42,43)29-17-15-28(44-2)16-18-29/h4-19,21,32H,3,20,22-24H2,1-2H3,(H,37,41)/t32-/m1/s1. The minimum Gasteiger partial charge on any atom is -0.497 e. The molecule has 45 heavy (non-hydrogen) atoms. The van der Waals surface area contributed by atoms with Crippen molar-refractivity contribution in [2.75, 3.05) is 24.5 Å². The normalized spacial score (nSPS) is 11.8. The van der Waals surface area contributed by atoms with E-state index in [4.69, 9.17) is 27.9 Å². The topological polar surface area (TPSA) is 96.0 Å². The van der Waals surface area contributed by atoms with E-state index < -0.39 is 28.5 Å². The number of nitrogens with one attached hydrogen (secondary N) is 1. The predicted molar refractivity (Wildman–Crippen MR) is 178 cm³/mol. The third kappa shape index (κ3) is 8.78. The van der Waals surface area contributed by atoms with Gasteiger partial charge >= 0.3 is 0 Å². The van der Waals surface area contributed by atoms with Crippen LogP contribution in [0.5, 0.6) is 5.75 Å². The fourth-order valence-corrected chi connectivity index (χ4v) is 6.49. The lowest BCUT2D eigenvalue weighted by Crippen LogP contribution is -2.53. The molecule has 2 amide bonds. The first-order valence-corrected chi connectivity index (χ1v) is 16.6. The number of hydrogen-bond acceptors (Lipinski definition) is 5. The highest BCUT2D eigenvalue weighted by molar-refractivity contribution is 7.92. The number of benzene rings is 4. The van der Waals surface area contributed by atoms with Crippen LogP contribution in [0.15, 0.2) is 108 Å². The molecule has 11 heteroatoms. The van der Waals surface area contributed by atoms with E-state index in [1.807, 2.05) is 37.3 Å². The number of carbonyl (C=O) groups is 2. The van der Waals surface area contributed by atoms with Gasteiger partial charge in [-0.3, -0.25) is 13.9 Å². The Morgan fingerprint density at radius 1 is 0.844 bits per heavy atom. The molecule has 8 nitrogen and oxygen atoms in total. The van der Waals surface area contributed by atoms with Gasteiger partial charge in [-0.1, -0.05) is 84.7 Å². The van der Waals surface area contributed by atoms with Crippen LogP contribution in [0, 0.1) is 0 Å². The molecule has 1 atom stereocenters.